The minimum Gasteiger partial charge on any atom is -0.444 e. The van der Waals surface area contributed by atoms with Crippen molar-refractivity contribution in [1.82, 2.24) is 9.88 Å². The van der Waals surface area contributed by atoms with E-state index in [1.807, 2.05) is 26.8 Å². The van der Waals surface area contributed by atoms with E-state index in [2.05, 4.69) is 38.8 Å². The van der Waals surface area contributed by atoms with E-state index < -0.39 is 13.9 Å². The van der Waals surface area contributed by atoms with Crippen molar-refractivity contribution in [3.8, 4) is 0 Å². The van der Waals surface area contributed by atoms with Crippen LogP contribution in [0.4, 0.5) is 4.79 Å². The van der Waals surface area contributed by atoms with Gasteiger partial charge < -0.3 is 9.16 Å². The third-order valence-electron chi connectivity index (χ3n) is 5.04. The third kappa shape index (κ3) is 4.78. The van der Waals surface area contributed by atoms with Gasteiger partial charge in [-0.1, -0.05) is 32.4 Å². The van der Waals surface area contributed by atoms with Crippen molar-refractivity contribution in [3.05, 3.63) is 28.5 Å². The lowest BCUT2D eigenvalue weighted by Gasteiger charge is -2.38. The molecule has 1 unspecified atom stereocenters. The van der Waals surface area contributed by atoms with Gasteiger partial charge in [0.1, 0.15) is 11.6 Å². The Kier molecular flexibility index (Phi) is 5.81. The molecule has 1 aromatic heterocycles. The molecular weight excluding hydrogens is 368 g/mol. The molecule has 0 fully saturated rings. The van der Waals surface area contributed by atoms with Crippen LogP contribution >= 0.6 is 11.6 Å². The quantitative estimate of drug-likeness (QED) is 0.626. The smallest absolute Gasteiger partial charge is 0.411 e. The summed E-state index contributed by atoms with van der Waals surface area (Å²) in [6.07, 6.45) is 1.27. The summed E-state index contributed by atoms with van der Waals surface area (Å²) in [7, 11) is -1.95. The largest absolute Gasteiger partial charge is 0.444 e. The summed E-state index contributed by atoms with van der Waals surface area (Å²) in [6.45, 7) is 17.5. The molecule has 0 N–H and O–H groups in total. The molecule has 146 valence electrons. The van der Waals surface area contributed by atoms with E-state index in [0.717, 1.165) is 11.3 Å². The summed E-state index contributed by atoms with van der Waals surface area (Å²) in [5.74, 6) is 0. The Morgan fingerprint density at radius 3 is 2.46 bits per heavy atom. The zero-order valence-corrected chi connectivity index (χ0v) is 18.9. The van der Waals surface area contributed by atoms with E-state index in [0.29, 0.717) is 18.2 Å². The number of hydrogen-bond acceptors (Lipinski definition) is 4. The highest BCUT2D eigenvalue weighted by Crippen LogP contribution is 2.40. The summed E-state index contributed by atoms with van der Waals surface area (Å²) >= 11 is 6.09. The first-order chi connectivity index (χ1) is 11.7. The number of ether oxygens (including phenoxy) is 1. The van der Waals surface area contributed by atoms with Gasteiger partial charge in [0, 0.05) is 6.20 Å². The maximum atomic E-state index is 12.7. The van der Waals surface area contributed by atoms with Crippen LogP contribution in [-0.4, -0.2) is 36.5 Å². The fourth-order valence-electron chi connectivity index (χ4n) is 2.54. The average molecular weight is 399 g/mol. The number of halogens is 1. The number of pyridine rings is 1. The Balaban J connectivity index is 2.27. The number of carbonyl (C=O) groups excluding carboxylic acids is 1. The van der Waals surface area contributed by atoms with Gasteiger partial charge >= 0.3 is 6.09 Å². The van der Waals surface area contributed by atoms with Crippen LogP contribution in [0.2, 0.25) is 23.2 Å². The van der Waals surface area contributed by atoms with Crippen LogP contribution in [0.1, 0.15) is 58.8 Å². The van der Waals surface area contributed by atoms with Crippen molar-refractivity contribution in [2.75, 3.05) is 6.61 Å². The normalized spacial score (nSPS) is 18.0. The van der Waals surface area contributed by atoms with Gasteiger partial charge in [0.15, 0.2) is 8.32 Å². The number of fused-ring (bicyclic) bond motifs is 1. The van der Waals surface area contributed by atoms with E-state index in [9.17, 15) is 4.79 Å². The summed E-state index contributed by atoms with van der Waals surface area (Å²) < 4.78 is 12.0. The maximum Gasteiger partial charge on any atom is 0.411 e. The second-order valence-electron chi connectivity index (χ2n) is 9.39. The average Bonchev–Trinajstić information content (AvgIpc) is 2.80. The molecule has 2 rings (SSSR count). The van der Waals surface area contributed by atoms with Gasteiger partial charge in [-0.05, 0) is 50.5 Å². The number of hydrogen-bond donors (Lipinski definition) is 0. The lowest BCUT2D eigenvalue weighted by molar-refractivity contribution is 0.0114. The Morgan fingerprint density at radius 2 is 1.92 bits per heavy atom. The second-order valence-corrected chi connectivity index (χ2v) is 14.6. The van der Waals surface area contributed by atoms with E-state index in [1.54, 1.807) is 11.1 Å². The van der Waals surface area contributed by atoms with Crippen LogP contribution in [0, 0.1) is 0 Å². The molecule has 0 bridgehead atoms. The van der Waals surface area contributed by atoms with E-state index in [-0.39, 0.29) is 17.2 Å². The van der Waals surface area contributed by atoms with Crippen molar-refractivity contribution >= 4 is 26.0 Å². The van der Waals surface area contributed by atoms with Crippen LogP contribution in [0.15, 0.2) is 12.3 Å². The lowest BCUT2D eigenvalue weighted by Crippen LogP contribution is -2.44. The molecule has 0 spiro atoms. The molecule has 1 amide bonds. The molecule has 1 aromatic rings. The standard InChI is InChI=1S/C19H31ClN2O3Si/c1-18(2,3)25-17(23)22-11-13-9-14(20)10-21-16(13)15(22)12-24-26(7,8)19(4,5)6/h9-10,15H,11-12H2,1-8H3. The number of nitrogens with zero attached hydrogens (tertiary/aromatic N) is 2. The van der Waals surface area contributed by atoms with Crippen LogP contribution in [0.3, 0.4) is 0 Å². The van der Waals surface area contributed by atoms with Crippen molar-refractivity contribution in [3.63, 3.8) is 0 Å². The zero-order chi connectivity index (χ0) is 19.9. The summed E-state index contributed by atoms with van der Waals surface area (Å²) in [6, 6.07) is 1.61. The van der Waals surface area contributed by atoms with Crippen LogP contribution in [-0.2, 0) is 15.7 Å². The zero-order valence-electron chi connectivity index (χ0n) is 17.1. The maximum absolute atomic E-state index is 12.7. The lowest BCUT2D eigenvalue weighted by atomic mass is 10.1. The van der Waals surface area contributed by atoms with Gasteiger partial charge in [-0.25, -0.2) is 4.79 Å². The van der Waals surface area contributed by atoms with Crippen molar-refractivity contribution in [2.24, 2.45) is 0 Å². The van der Waals surface area contributed by atoms with Gasteiger partial charge in [-0.15, -0.1) is 0 Å². The predicted molar refractivity (Wildman–Crippen MR) is 107 cm³/mol. The molecule has 1 atom stereocenters. The van der Waals surface area contributed by atoms with Gasteiger partial charge in [0.25, 0.3) is 0 Å². The van der Waals surface area contributed by atoms with Crippen molar-refractivity contribution in [1.29, 1.82) is 0 Å². The first kappa shape index (κ1) is 21.2. The molecule has 0 radical (unpaired) electrons. The van der Waals surface area contributed by atoms with Crippen molar-refractivity contribution in [2.45, 2.75) is 77.9 Å². The SMILES string of the molecule is CC(C)(C)OC(=O)N1Cc2cc(Cl)cnc2C1CO[Si](C)(C)C(C)(C)C. The number of rotatable bonds is 3. The van der Waals surface area contributed by atoms with Crippen LogP contribution in [0.25, 0.3) is 0 Å². The first-order valence-corrected chi connectivity index (χ1v) is 12.3. The molecule has 1 aliphatic rings. The molecule has 7 heteroatoms. The second kappa shape index (κ2) is 7.13. The molecule has 0 aliphatic carbocycles. The topological polar surface area (TPSA) is 51.7 Å². The van der Waals surface area contributed by atoms with Crippen molar-refractivity contribution < 1.29 is 14.0 Å². The minimum absolute atomic E-state index is 0.0958. The third-order valence-corrected chi connectivity index (χ3v) is 9.74. The molecule has 26 heavy (non-hydrogen) atoms. The van der Waals surface area contributed by atoms with Gasteiger partial charge in [-0.3, -0.25) is 9.88 Å². The fourth-order valence-corrected chi connectivity index (χ4v) is 3.73. The highest BCUT2D eigenvalue weighted by atomic mass is 35.5. The first-order valence-electron chi connectivity index (χ1n) is 8.99. The van der Waals surface area contributed by atoms with Gasteiger partial charge in [0.2, 0.25) is 0 Å². The Labute approximate surface area is 163 Å². The van der Waals surface area contributed by atoms with Gasteiger partial charge in [0.05, 0.1) is 23.9 Å². The molecule has 5 nitrogen and oxygen atoms in total. The number of amides is 1. The molecule has 2 heterocycles. The molecule has 1 aliphatic heterocycles. The van der Waals surface area contributed by atoms with Gasteiger partial charge in [-0.2, -0.15) is 0 Å². The number of aromatic nitrogens is 1. The van der Waals surface area contributed by atoms with E-state index >= 15 is 0 Å². The monoisotopic (exact) mass is 398 g/mol. The Morgan fingerprint density at radius 1 is 1.31 bits per heavy atom. The Hall–Kier alpha value is -1.11. The highest BCUT2D eigenvalue weighted by Gasteiger charge is 2.42. The number of carbonyl (C=O) groups is 1. The van der Waals surface area contributed by atoms with E-state index in [4.69, 9.17) is 20.8 Å². The predicted octanol–water partition coefficient (Wildman–Crippen LogP) is 5.55. The Bertz CT molecular complexity index is 680. The van der Waals surface area contributed by atoms with Crippen LogP contribution < -0.4 is 0 Å². The molecule has 0 saturated heterocycles. The fraction of sp³-hybridized carbons (Fsp3) is 0.684. The summed E-state index contributed by atoms with van der Waals surface area (Å²) in [4.78, 5) is 18.9. The molecule has 0 saturated carbocycles. The molecule has 0 aromatic carbocycles. The summed E-state index contributed by atoms with van der Waals surface area (Å²) in [5.41, 5.74) is 1.24. The minimum atomic E-state index is -1.95. The van der Waals surface area contributed by atoms with Crippen LogP contribution in [0.5, 0.6) is 0 Å². The van der Waals surface area contributed by atoms with E-state index in [1.165, 1.54) is 0 Å². The highest BCUT2D eigenvalue weighted by molar-refractivity contribution is 6.74. The summed E-state index contributed by atoms with van der Waals surface area (Å²) in [5, 5.41) is 0.664. The molecular formula is C19H31ClN2O3Si.